The molecular formula is C18H15FN2O4S. The Morgan fingerprint density at radius 3 is 2.81 bits per heavy atom. The van der Waals surface area contributed by atoms with Gasteiger partial charge in [-0.2, -0.15) is 5.26 Å². The first kappa shape index (κ1) is 19.3. The molecule has 0 N–H and O–H groups in total. The average Bonchev–Trinajstić information content (AvgIpc) is 3.05. The van der Waals surface area contributed by atoms with Gasteiger partial charge in [0, 0.05) is 17.2 Å². The van der Waals surface area contributed by atoms with Gasteiger partial charge in [0.2, 0.25) is 0 Å². The molecule has 1 aromatic heterocycles. The summed E-state index contributed by atoms with van der Waals surface area (Å²) >= 11 is 1.20. The highest BCUT2D eigenvalue weighted by atomic mass is 32.1. The molecule has 0 fully saturated rings. The number of benzene rings is 1. The van der Waals surface area contributed by atoms with Crippen molar-refractivity contribution >= 4 is 29.2 Å². The minimum atomic E-state index is -1.07. The molecule has 0 spiro atoms. The lowest BCUT2D eigenvalue weighted by Gasteiger charge is -2.05. The molecule has 134 valence electrons. The summed E-state index contributed by atoms with van der Waals surface area (Å²) in [5.74, 6) is -2.87. The second kappa shape index (κ2) is 8.87. The second-order valence-corrected chi connectivity index (χ2v) is 6.08. The van der Waals surface area contributed by atoms with E-state index in [0.29, 0.717) is 16.3 Å². The number of ether oxygens (including phenoxy) is 2. The Morgan fingerprint density at radius 1 is 1.46 bits per heavy atom. The monoisotopic (exact) mass is 374 g/mol. The number of ketones is 1. The number of carbonyl (C=O) groups is 2. The Kier molecular flexibility index (Phi) is 6.58. The van der Waals surface area contributed by atoms with E-state index in [0.717, 1.165) is 6.08 Å². The van der Waals surface area contributed by atoms with Crippen molar-refractivity contribution < 1.29 is 23.5 Å². The van der Waals surface area contributed by atoms with Gasteiger partial charge in [0.25, 0.3) is 0 Å². The van der Waals surface area contributed by atoms with Crippen LogP contribution in [0.2, 0.25) is 0 Å². The SMILES string of the molecule is COc1ccc(/C=C/C(=O)OCC(=O)[C@@H](C#N)c2nc(C)cs2)cc1F. The van der Waals surface area contributed by atoms with Crippen molar-refractivity contribution in [1.29, 1.82) is 5.26 Å². The van der Waals surface area contributed by atoms with Gasteiger partial charge >= 0.3 is 5.97 Å². The van der Waals surface area contributed by atoms with Gasteiger partial charge in [-0.3, -0.25) is 4.79 Å². The number of aryl methyl sites for hydroxylation is 1. The normalized spacial score (nSPS) is 11.8. The average molecular weight is 374 g/mol. The van der Waals surface area contributed by atoms with Crippen LogP contribution in [0.15, 0.2) is 29.7 Å². The lowest BCUT2D eigenvalue weighted by Crippen LogP contribution is -2.19. The van der Waals surface area contributed by atoms with Crippen molar-refractivity contribution in [3.8, 4) is 11.8 Å². The number of carbonyl (C=O) groups excluding carboxylic acids is 2. The third kappa shape index (κ3) is 4.97. The lowest BCUT2D eigenvalue weighted by atomic mass is 10.1. The molecule has 2 aromatic rings. The molecule has 26 heavy (non-hydrogen) atoms. The third-order valence-corrected chi connectivity index (χ3v) is 4.31. The lowest BCUT2D eigenvalue weighted by molar-refractivity contribution is -0.143. The second-order valence-electron chi connectivity index (χ2n) is 5.19. The number of nitriles is 1. The first-order valence-corrected chi connectivity index (χ1v) is 8.35. The van der Waals surface area contributed by atoms with E-state index in [1.54, 1.807) is 18.4 Å². The topological polar surface area (TPSA) is 89.3 Å². The molecule has 0 saturated heterocycles. The molecule has 0 unspecified atom stereocenters. The first-order valence-electron chi connectivity index (χ1n) is 7.47. The quantitative estimate of drug-likeness (QED) is 0.547. The molecule has 0 radical (unpaired) electrons. The van der Waals surface area contributed by atoms with Crippen LogP contribution >= 0.6 is 11.3 Å². The van der Waals surface area contributed by atoms with Crippen molar-refractivity contribution in [2.45, 2.75) is 12.8 Å². The molecular weight excluding hydrogens is 359 g/mol. The zero-order valence-electron chi connectivity index (χ0n) is 14.1. The number of rotatable bonds is 7. The van der Waals surface area contributed by atoms with Crippen molar-refractivity contribution in [2.24, 2.45) is 0 Å². The van der Waals surface area contributed by atoms with Crippen LogP contribution in [0.25, 0.3) is 6.08 Å². The van der Waals surface area contributed by atoms with Crippen LogP contribution < -0.4 is 4.74 Å². The third-order valence-electron chi connectivity index (χ3n) is 3.28. The summed E-state index contributed by atoms with van der Waals surface area (Å²) in [6.07, 6.45) is 2.42. The van der Waals surface area contributed by atoms with Crippen molar-refractivity contribution in [3.63, 3.8) is 0 Å². The summed E-state index contributed by atoms with van der Waals surface area (Å²) in [5.41, 5.74) is 1.14. The number of Topliss-reactive ketones (excluding diaryl/α,β-unsaturated/α-hetero) is 1. The van der Waals surface area contributed by atoms with Crippen LogP contribution in [0.4, 0.5) is 4.39 Å². The van der Waals surface area contributed by atoms with Crippen LogP contribution in [0.5, 0.6) is 5.75 Å². The molecule has 1 atom stereocenters. The molecule has 0 aliphatic carbocycles. The number of aromatic nitrogens is 1. The van der Waals surface area contributed by atoms with Gasteiger partial charge in [-0.15, -0.1) is 11.3 Å². The van der Waals surface area contributed by atoms with Gasteiger partial charge in [0.05, 0.1) is 13.2 Å². The highest BCUT2D eigenvalue weighted by Crippen LogP contribution is 2.21. The standard InChI is InChI=1S/C18H15FN2O4S/c1-11-10-26-18(21-11)13(8-20)15(22)9-25-17(23)6-4-12-3-5-16(24-2)14(19)7-12/h3-7,10,13H,9H2,1-2H3/b6-4+/t13-/m1/s1. The van der Waals surface area contributed by atoms with E-state index >= 15 is 0 Å². The fourth-order valence-corrected chi connectivity index (χ4v) is 2.85. The number of hydrogen-bond donors (Lipinski definition) is 0. The molecule has 2 rings (SSSR count). The number of esters is 1. The summed E-state index contributed by atoms with van der Waals surface area (Å²) < 4.78 is 23.2. The van der Waals surface area contributed by atoms with Crippen LogP contribution in [-0.4, -0.2) is 30.5 Å². The van der Waals surface area contributed by atoms with Gasteiger partial charge in [0.1, 0.15) is 5.01 Å². The molecule has 0 aliphatic rings. The predicted octanol–water partition coefficient (Wildman–Crippen LogP) is 3.03. The van der Waals surface area contributed by atoms with Crippen molar-refractivity contribution in [1.82, 2.24) is 4.98 Å². The van der Waals surface area contributed by atoms with Crippen LogP contribution in [0, 0.1) is 24.1 Å². The predicted molar refractivity (Wildman–Crippen MR) is 93.2 cm³/mol. The van der Waals surface area contributed by atoms with Gasteiger partial charge in [-0.1, -0.05) is 6.07 Å². The molecule has 8 heteroatoms. The maximum Gasteiger partial charge on any atom is 0.331 e. The summed E-state index contributed by atoms with van der Waals surface area (Å²) in [4.78, 5) is 27.9. The van der Waals surface area contributed by atoms with Crippen molar-refractivity contribution in [3.05, 3.63) is 51.7 Å². The Bertz CT molecular complexity index is 886. The minimum Gasteiger partial charge on any atom is -0.494 e. The van der Waals surface area contributed by atoms with Crippen molar-refractivity contribution in [2.75, 3.05) is 13.7 Å². The highest BCUT2D eigenvalue weighted by molar-refractivity contribution is 7.09. The maximum absolute atomic E-state index is 13.6. The largest absolute Gasteiger partial charge is 0.494 e. The fourth-order valence-electron chi connectivity index (χ4n) is 1.99. The summed E-state index contributed by atoms with van der Waals surface area (Å²) in [6.45, 7) is 1.21. The molecule has 0 amide bonds. The van der Waals surface area contributed by atoms with Crippen LogP contribution in [0.1, 0.15) is 22.2 Å². The van der Waals surface area contributed by atoms with Gasteiger partial charge in [-0.25, -0.2) is 14.2 Å². The van der Waals surface area contributed by atoms with Gasteiger partial charge in [0.15, 0.2) is 29.9 Å². The molecule has 6 nitrogen and oxygen atoms in total. The van der Waals surface area contributed by atoms with E-state index < -0.39 is 30.1 Å². The van der Waals surface area contributed by atoms with E-state index in [1.807, 2.05) is 6.07 Å². The highest BCUT2D eigenvalue weighted by Gasteiger charge is 2.24. The van der Waals surface area contributed by atoms with E-state index in [-0.39, 0.29) is 5.75 Å². The summed E-state index contributed by atoms with van der Waals surface area (Å²) in [7, 11) is 1.35. The zero-order valence-corrected chi connectivity index (χ0v) is 14.9. The number of methoxy groups -OCH3 is 1. The number of thiazole rings is 1. The van der Waals surface area contributed by atoms with E-state index in [1.165, 1.54) is 36.7 Å². The Morgan fingerprint density at radius 2 is 2.23 bits per heavy atom. The Labute approximate surface area is 153 Å². The number of hydrogen-bond acceptors (Lipinski definition) is 7. The van der Waals surface area contributed by atoms with Crippen LogP contribution in [-0.2, 0) is 14.3 Å². The fraction of sp³-hybridized carbons (Fsp3) is 0.222. The first-order chi connectivity index (χ1) is 12.4. The molecule has 0 bridgehead atoms. The molecule has 1 aromatic carbocycles. The summed E-state index contributed by atoms with van der Waals surface area (Å²) in [6, 6.07) is 6.06. The van der Waals surface area contributed by atoms with Gasteiger partial charge in [-0.05, 0) is 30.7 Å². The Hall–Kier alpha value is -3.05. The molecule has 0 saturated carbocycles. The van der Waals surface area contributed by atoms with Crippen LogP contribution in [0.3, 0.4) is 0 Å². The summed E-state index contributed by atoms with van der Waals surface area (Å²) in [5, 5.41) is 11.2. The zero-order chi connectivity index (χ0) is 19.1. The smallest absolute Gasteiger partial charge is 0.331 e. The number of nitrogens with zero attached hydrogens (tertiary/aromatic N) is 2. The van der Waals surface area contributed by atoms with E-state index in [2.05, 4.69) is 4.98 Å². The number of halogens is 1. The molecule has 1 heterocycles. The van der Waals surface area contributed by atoms with Gasteiger partial charge < -0.3 is 9.47 Å². The Balaban J connectivity index is 1.92. The van der Waals surface area contributed by atoms with E-state index in [4.69, 9.17) is 14.7 Å². The molecule has 0 aliphatic heterocycles. The maximum atomic E-state index is 13.6. The van der Waals surface area contributed by atoms with E-state index in [9.17, 15) is 14.0 Å². The minimum absolute atomic E-state index is 0.0929.